The summed E-state index contributed by atoms with van der Waals surface area (Å²) in [6.45, 7) is -6.84. The van der Waals surface area contributed by atoms with Crippen LogP contribution in [0.5, 0.6) is 0 Å². The molecule has 1 radical (unpaired) electrons. The summed E-state index contributed by atoms with van der Waals surface area (Å²) in [6, 6.07) is 27.2. The third-order valence-electron chi connectivity index (χ3n) is 7.27. The van der Waals surface area contributed by atoms with E-state index in [0.717, 1.165) is 0 Å². The van der Waals surface area contributed by atoms with Crippen LogP contribution in [-0.2, 0) is 26.5 Å². The third kappa shape index (κ3) is 7.84. The van der Waals surface area contributed by atoms with Crippen LogP contribution in [0.4, 0.5) is 0 Å². The average Bonchev–Trinajstić information content (AvgIpc) is 3.57. The van der Waals surface area contributed by atoms with Gasteiger partial charge in [-0.3, -0.25) is 0 Å². The molecule has 0 aliphatic rings. The van der Waals surface area contributed by atoms with Gasteiger partial charge in [-0.2, -0.15) is 0 Å². The number of hydrogen-bond donors (Lipinski definition) is 0. The van der Waals surface area contributed by atoms with E-state index in [4.69, 9.17) is 27.7 Å². The monoisotopic (exact) mass is 824 g/mol. The Morgan fingerprint density at radius 1 is 0.708 bits per heavy atom. The number of fused-ring (bicyclic) bond motifs is 3. The fourth-order valence-electron chi connectivity index (χ4n) is 5.17. The number of nitrogens with zero attached hydrogens (tertiary/aromatic N) is 2. The molecule has 0 fully saturated rings. The molecule has 0 bridgehead atoms. The molecule has 0 saturated heterocycles. The van der Waals surface area contributed by atoms with Gasteiger partial charge in [0.2, 0.25) is 0 Å². The molecule has 3 heterocycles. The second kappa shape index (κ2) is 14.4. The Bertz CT molecular complexity index is 2760. The minimum absolute atomic E-state index is 0. The number of aryl methyl sites for hydroxylation is 5. The first-order chi connectivity index (χ1) is 29.3. The number of hydrogen-bond acceptors (Lipinski definition) is 3. The van der Waals surface area contributed by atoms with Crippen molar-refractivity contribution in [2.24, 2.45) is 5.41 Å². The van der Waals surface area contributed by atoms with Crippen LogP contribution in [0.2, 0.25) is 0 Å². The maximum atomic E-state index is 8.69. The van der Waals surface area contributed by atoms with Crippen LogP contribution in [0.15, 0.2) is 102 Å². The number of furan rings is 1. The topological polar surface area (TPSA) is 38.9 Å². The van der Waals surface area contributed by atoms with Crippen molar-refractivity contribution in [2.75, 3.05) is 0 Å². The smallest absolute Gasteiger partial charge is 0.120 e. The second-order valence-electron chi connectivity index (χ2n) is 12.1. The Hall–Kier alpha value is -4.37. The largest absolute Gasteiger partial charge is 0.501 e. The van der Waals surface area contributed by atoms with Crippen molar-refractivity contribution in [2.45, 2.75) is 61.4 Å². The Kier molecular flexibility index (Phi) is 5.69. The molecule has 0 aliphatic heterocycles. The van der Waals surface area contributed by atoms with Crippen molar-refractivity contribution in [3.05, 3.63) is 143 Å². The third-order valence-corrected chi connectivity index (χ3v) is 7.27. The van der Waals surface area contributed by atoms with E-state index >= 15 is 0 Å². The van der Waals surface area contributed by atoms with Crippen LogP contribution < -0.4 is 0 Å². The van der Waals surface area contributed by atoms with E-state index < -0.39 is 46.0 Å². The zero-order valence-electron chi connectivity index (χ0n) is 43.4. The van der Waals surface area contributed by atoms with Crippen LogP contribution in [-0.4, -0.2) is 9.97 Å². The Labute approximate surface area is 322 Å². The zero-order chi connectivity index (χ0) is 47.6. The fraction of sp³-hybridized carbons (Fsp3) is 0.227. The van der Waals surface area contributed by atoms with Gasteiger partial charge >= 0.3 is 0 Å². The summed E-state index contributed by atoms with van der Waals surface area (Å²) in [6.07, 6.45) is 0.603. The van der Waals surface area contributed by atoms with Gasteiger partial charge in [-0.05, 0) is 96.1 Å². The first-order valence-electron chi connectivity index (χ1n) is 23.3. The number of benzene rings is 4. The molecule has 0 aliphatic carbocycles. The second-order valence-corrected chi connectivity index (χ2v) is 12.1. The van der Waals surface area contributed by atoms with Gasteiger partial charge in [0.15, 0.2) is 0 Å². The number of pyridine rings is 2. The molecular formula is C44H42IrN2O-2. The van der Waals surface area contributed by atoms with E-state index in [9.17, 15) is 0 Å². The van der Waals surface area contributed by atoms with Crippen molar-refractivity contribution >= 4 is 21.9 Å². The Balaban J connectivity index is 0.000000317. The van der Waals surface area contributed by atoms with E-state index in [1.807, 2.05) is 0 Å². The Morgan fingerprint density at radius 2 is 1.50 bits per heavy atom. The number of aromatic nitrogens is 2. The summed E-state index contributed by atoms with van der Waals surface area (Å²) in [5, 5.41) is 1.19. The minimum atomic E-state index is -2.69. The summed E-state index contributed by atoms with van der Waals surface area (Å²) in [5.41, 5.74) is 2.33. The summed E-state index contributed by atoms with van der Waals surface area (Å²) in [5.74, 6) is 0. The maximum absolute atomic E-state index is 8.69. The van der Waals surface area contributed by atoms with Gasteiger partial charge in [0.25, 0.3) is 0 Å². The summed E-state index contributed by atoms with van der Waals surface area (Å²) in [4.78, 5) is 8.49. The molecule has 0 amide bonds. The van der Waals surface area contributed by atoms with Crippen LogP contribution in [0.3, 0.4) is 0 Å². The molecule has 0 spiro atoms. The van der Waals surface area contributed by atoms with E-state index in [1.165, 1.54) is 60.9 Å². The molecule has 48 heavy (non-hydrogen) atoms. The molecule has 3 nitrogen and oxygen atoms in total. The van der Waals surface area contributed by atoms with Crippen molar-refractivity contribution in [1.29, 1.82) is 0 Å². The summed E-state index contributed by atoms with van der Waals surface area (Å²) in [7, 11) is 0. The predicted octanol–water partition coefficient (Wildman–Crippen LogP) is 11.8. The number of rotatable bonds is 4. The van der Waals surface area contributed by atoms with Gasteiger partial charge in [0, 0.05) is 61.2 Å². The van der Waals surface area contributed by atoms with Crippen molar-refractivity contribution in [3.8, 4) is 33.6 Å². The molecule has 4 heteroatoms. The maximum Gasteiger partial charge on any atom is 0.120 e. The molecule has 3 aromatic heterocycles. The van der Waals surface area contributed by atoms with Crippen molar-refractivity contribution < 1.29 is 47.8 Å². The molecule has 7 aromatic rings. The van der Waals surface area contributed by atoms with Gasteiger partial charge in [0.1, 0.15) is 5.58 Å². The van der Waals surface area contributed by atoms with Crippen molar-refractivity contribution in [3.63, 3.8) is 0 Å². The fourth-order valence-corrected chi connectivity index (χ4v) is 5.17. The van der Waals surface area contributed by atoms with Crippen LogP contribution in [0, 0.1) is 51.8 Å². The average molecular weight is 824 g/mol. The van der Waals surface area contributed by atoms with E-state index in [0.29, 0.717) is 38.8 Å². The summed E-state index contributed by atoms with van der Waals surface area (Å²) >= 11 is 0. The molecule has 0 unspecified atom stereocenters. The Morgan fingerprint density at radius 3 is 2.21 bits per heavy atom. The predicted molar refractivity (Wildman–Crippen MR) is 197 cm³/mol. The van der Waals surface area contributed by atoms with Gasteiger partial charge in [-0.15, -0.1) is 53.6 Å². The first kappa shape index (κ1) is 19.0. The molecule has 245 valence electrons. The van der Waals surface area contributed by atoms with Crippen molar-refractivity contribution in [1.82, 2.24) is 9.97 Å². The first-order valence-corrected chi connectivity index (χ1v) is 14.8. The normalized spacial score (nSPS) is 18.1. The molecule has 4 aromatic carbocycles. The SMILES string of the molecule is [2H]C([2H])([2H])c1c[c-]c(-c2ccc(C([2H])([2H])[2H])cn2)cc1.[2H]C([2H])([2H])c1ccc2oc3c(-c4cc(-c5ccc(C([2H])([2H])C(C)(C)C)cc5C([2H])([2H])[2H])c(C([2H])([2H])[2H])cn4)[c-]ccc3c2c1.[Ir]. The molecule has 0 atom stereocenters. The van der Waals surface area contributed by atoms with Gasteiger partial charge in [-0.1, -0.05) is 86.6 Å². The standard InChI is InChI=1S/C31H30NO.C13H12N.Ir/c1-19-10-13-29-27(14-19)24-8-7-9-25(30(24)33-29)28-16-26(21(3)18-32-28)23-12-11-22(15-20(23)2)17-31(4,5)6;1-10-3-6-12(7-4-10)13-8-5-11(2)9-14-13;/h7-8,10-16,18H,17H2,1-6H3;3-6,8-9H,1-2H3;/q2*-1;/i1D3,2D3,3D3,17D2;1D3,2D3;. The summed E-state index contributed by atoms with van der Waals surface area (Å²) < 4.78 is 140. The van der Waals surface area contributed by atoms with Gasteiger partial charge in [-0.25, -0.2) is 0 Å². The quantitative estimate of drug-likeness (QED) is 0.166. The van der Waals surface area contributed by atoms with Gasteiger partial charge < -0.3 is 14.4 Å². The van der Waals surface area contributed by atoms with E-state index in [-0.39, 0.29) is 70.3 Å². The molecule has 7 rings (SSSR count). The molecule has 0 N–H and O–H groups in total. The van der Waals surface area contributed by atoms with E-state index in [2.05, 4.69) is 22.1 Å². The van der Waals surface area contributed by atoms with E-state index in [1.54, 1.807) is 57.2 Å². The molecular weight excluding hydrogens is 765 g/mol. The molecule has 0 saturated carbocycles. The van der Waals surface area contributed by atoms with Gasteiger partial charge in [0.05, 0.1) is 5.58 Å². The van der Waals surface area contributed by atoms with Crippen LogP contribution in [0.1, 0.15) is 77.5 Å². The zero-order valence-corrected chi connectivity index (χ0v) is 28.8. The van der Waals surface area contributed by atoms with Crippen LogP contribution >= 0.6 is 0 Å². The minimum Gasteiger partial charge on any atom is -0.501 e. The van der Waals surface area contributed by atoms with Crippen LogP contribution in [0.25, 0.3) is 55.6 Å².